The summed E-state index contributed by atoms with van der Waals surface area (Å²) in [6.07, 6.45) is 0.787. The van der Waals surface area contributed by atoms with Gasteiger partial charge in [-0.3, -0.25) is 9.10 Å². The van der Waals surface area contributed by atoms with E-state index in [1.54, 1.807) is 31.2 Å². The fraction of sp³-hybridized carbons (Fsp3) is 0.533. The van der Waals surface area contributed by atoms with Gasteiger partial charge in [-0.15, -0.1) is 0 Å². The predicted octanol–water partition coefficient (Wildman–Crippen LogP) is 1.77. The molecule has 7 heteroatoms. The molecule has 0 aliphatic heterocycles. The van der Waals surface area contributed by atoms with E-state index in [0.29, 0.717) is 11.4 Å². The molecule has 1 N–H and O–H groups in total. The summed E-state index contributed by atoms with van der Waals surface area (Å²) < 4.78 is 30.7. The van der Waals surface area contributed by atoms with Gasteiger partial charge >= 0.3 is 0 Å². The van der Waals surface area contributed by atoms with Crippen molar-refractivity contribution in [2.45, 2.75) is 33.2 Å². The molecular weight excluding hydrogens is 304 g/mol. The Kier molecular flexibility index (Phi) is 6.67. The first-order chi connectivity index (χ1) is 10.3. The number of methoxy groups -OCH3 is 1. The van der Waals surface area contributed by atoms with Gasteiger partial charge in [-0.2, -0.15) is 0 Å². The average molecular weight is 328 g/mol. The summed E-state index contributed by atoms with van der Waals surface area (Å²) in [6.45, 7) is 5.16. The van der Waals surface area contributed by atoms with Crippen LogP contribution in [0.25, 0.3) is 0 Å². The van der Waals surface area contributed by atoms with Gasteiger partial charge in [0.1, 0.15) is 12.3 Å². The topological polar surface area (TPSA) is 75.7 Å². The number of sulfonamides is 1. The van der Waals surface area contributed by atoms with Gasteiger partial charge < -0.3 is 10.1 Å². The summed E-state index contributed by atoms with van der Waals surface area (Å²) in [4.78, 5) is 12.0. The molecule has 1 amide bonds. The van der Waals surface area contributed by atoms with Crippen LogP contribution in [-0.2, 0) is 14.8 Å². The van der Waals surface area contributed by atoms with Crippen molar-refractivity contribution in [1.29, 1.82) is 0 Å². The van der Waals surface area contributed by atoms with Crippen molar-refractivity contribution in [2.24, 2.45) is 0 Å². The lowest BCUT2D eigenvalue weighted by Gasteiger charge is -2.24. The van der Waals surface area contributed by atoms with Crippen LogP contribution in [0.15, 0.2) is 24.3 Å². The Morgan fingerprint density at radius 3 is 2.32 bits per heavy atom. The normalized spacial score (nSPS) is 12.5. The Labute approximate surface area is 132 Å². The molecule has 0 aliphatic rings. The van der Waals surface area contributed by atoms with E-state index >= 15 is 0 Å². The van der Waals surface area contributed by atoms with Crippen LogP contribution in [0.1, 0.15) is 27.2 Å². The molecule has 0 spiro atoms. The minimum absolute atomic E-state index is 0.00884. The highest BCUT2D eigenvalue weighted by Gasteiger charge is 2.23. The van der Waals surface area contributed by atoms with Gasteiger partial charge in [-0.25, -0.2) is 8.42 Å². The molecule has 22 heavy (non-hydrogen) atoms. The zero-order valence-electron chi connectivity index (χ0n) is 13.5. The van der Waals surface area contributed by atoms with Gasteiger partial charge in [0.15, 0.2) is 0 Å². The molecule has 124 valence electrons. The van der Waals surface area contributed by atoms with Crippen LogP contribution in [0.3, 0.4) is 0 Å². The smallest absolute Gasteiger partial charge is 0.240 e. The van der Waals surface area contributed by atoms with E-state index in [1.807, 2.05) is 13.8 Å². The number of rotatable bonds is 8. The molecule has 1 rings (SSSR count). The van der Waals surface area contributed by atoms with Gasteiger partial charge in [0, 0.05) is 6.04 Å². The number of nitrogens with zero attached hydrogens (tertiary/aromatic N) is 1. The minimum Gasteiger partial charge on any atom is -0.497 e. The monoisotopic (exact) mass is 328 g/mol. The number of carbonyl (C=O) groups excluding carboxylic acids is 1. The van der Waals surface area contributed by atoms with Crippen LogP contribution in [0, 0.1) is 0 Å². The summed E-state index contributed by atoms with van der Waals surface area (Å²) in [5, 5.41) is 2.78. The molecule has 1 atom stereocenters. The molecule has 1 aromatic rings. The second-order valence-corrected chi connectivity index (χ2v) is 7.16. The number of carbonyl (C=O) groups is 1. The molecule has 0 heterocycles. The van der Waals surface area contributed by atoms with Crippen molar-refractivity contribution in [3.63, 3.8) is 0 Å². The molecule has 0 unspecified atom stereocenters. The Bertz CT molecular complexity index is 584. The van der Waals surface area contributed by atoms with Crippen LogP contribution in [-0.4, -0.2) is 39.8 Å². The number of hydrogen-bond donors (Lipinski definition) is 1. The fourth-order valence-corrected chi connectivity index (χ4v) is 2.88. The van der Waals surface area contributed by atoms with Gasteiger partial charge in [0.05, 0.1) is 18.6 Å². The quantitative estimate of drug-likeness (QED) is 0.789. The lowest BCUT2D eigenvalue weighted by Crippen LogP contribution is -2.44. The highest BCUT2D eigenvalue weighted by Crippen LogP contribution is 2.21. The molecule has 6 nitrogen and oxygen atoms in total. The first-order valence-electron chi connectivity index (χ1n) is 7.27. The Morgan fingerprint density at radius 1 is 1.27 bits per heavy atom. The second-order valence-electron chi connectivity index (χ2n) is 4.98. The van der Waals surface area contributed by atoms with Gasteiger partial charge in [0.2, 0.25) is 15.9 Å². The van der Waals surface area contributed by atoms with Gasteiger partial charge in [-0.1, -0.05) is 6.92 Å². The fourth-order valence-electron chi connectivity index (χ4n) is 1.81. The number of hydrogen-bond acceptors (Lipinski definition) is 4. The number of ether oxygens (including phenoxy) is 1. The maximum absolute atomic E-state index is 12.3. The van der Waals surface area contributed by atoms with E-state index in [4.69, 9.17) is 4.74 Å². The zero-order valence-corrected chi connectivity index (χ0v) is 14.3. The lowest BCUT2D eigenvalue weighted by atomic mass is 10.2. The Morgan fingerprint density at radius 2 is 1.86 bits per heavy atom. The third-order valence-corrected chi connectivity index (χ3v) is 5.11. The number of benzene rings is 1. The van der Waals surface area contributed by atoms with Crippen LogP contribution in [0.4, 0.5) is 5.69 Å². The third kappa shape index (κ3) is 4.91. The van der Waals surface area contributed by atoms with E-state index in [2.05, 4.69) is 5.32 Å². The summed E-state index contributed by atoms with van der Waals surface area (Å²) in [5.41, 5.74) is 0.446. The first-order valence-corrected chi connectivity index (χ1v) is 8.88. The highest BCUT2D eigenvalue weighted by atomic mass is 32.2. The van der Waals surface area contributed by atoms with Crippen molar-refractivity contribution in [3.8, 4) is 5.75 Å². The van der Waals surface area contributed by atoms with Crippen LogP contribution >= 0.6 is 0 Å². The van der Waals surface area contributed by atoms with E-state index in [-0.39, 0.29) is 24.2 Å². The maximum atomic E-state index is 12.3. The number of anilines is 1. The largest absolute Gasteiger partial charge is 0.497 e. The van der Waals surface area contributed by atoms with E-state index in [1.165, 1.54) is 7.11 Å². The average Bonchev–Trinajstić information content (AvgIpc) is 2.52. The Hall–Kier alpha value is -1.76. The molecule has 0 saturated heterocycles. The summed E-state index contributed by atoms with van der Waals surface area (Å²) >= 11 is 0. The zero-order chi connectivity index (χ0) is 16.8. The second kappa shape index (κ2) is 8.03. The van der Waals surface area contributed by atoms with E-state index in [0.717, 1.165) is 10.7 Å². The summed E-state index contributed by atoms with van der Waals surface area (Å²) in [5.74, 6) is 0.235. The minimum atomic E-state index is -3.54. The molecule has 0 aromatic heterocycles. The van der Waals surface area contributed by atoms with Crippen molar-refractivity contribution in [1.82, 2.24) is 5.32 Å². The van der Waals surface area contributed by atoms with Gasteiger partial charge in [0.25, 0.3) is 0 Å². The number of amides is 1. The predicted molar refractivity (Wildman–Crippen MR) is 87.7 cm³/mol. The van der Waals surface area contributed by atoms with Crippen LogP contribution < -0.4 is 14.4 Å². The third-order valence-electron chi connectivity index (χ3n) is 3.37. The van der Waals surface area contributed by atoms with Gasteiger partial charge in [-0.05, 0) is 44.5 Å². The van der Waals surface area contributed by atoms with Crippen molar-refractivity contribution < 1.29 is 17.9 Å². The molecule has 1 aromatic carbocycles. The summed E-state index contributed by atoms with van der Waals surface area (Å²) in [6, 6.07) is 6.60. The molecule has 0 radical (unpaired) electrons. The SMILES string of the molecule is CC[C@H](C)NC(=O)CN(c1ccc(OC)cc1)S(=O)(=O)CC. The van der Waals surface area contributed by atoms with E-state index < -0.39 is 10.0 Å². The molecular formula is C15H24N2O4S. The Balaban J connectivity index is 3.01. The van der Waals surface area contributed by atoms with Crippen LogP contribution in [0.2, 0.25) is 0 Å². The van der Waals surface area contributed by atoms with Crippen molar-refractivity contribution >= 4 is 21.6 Å². The number of nitrogens with one attached hydrogen (secondary N) is 1. The molecule has 0 saturated carbocycles. The maximum Gasteiger partial charge on any atom is 0.240 e. The van der Waals surface area contributed by atoms with Crippen molar-refractivity contribution in [3.05, 3.63) is 24.3 Å². The van der Waals surface area contributed by atoms with Crippen LogP contribution in [0.5, 0.6) is 5.75 Å². The summed E-state index contributed by atoms with van der Waals surface area (Å²) in [7, 11) is -2.00. The molecule has 0 fully saturated rings. The lowest BCUT2D eigenvalue weighted by molar-refractivity contribution is -0.120. The van der Waals surface area contributed by atoms with Crippen molar-refractivity contribution in [2.75, 3.05) is 23.7 Å². The molecule has 0 aliphatic carbocycles. The first kappa shape index (κ1) is 18.3. The highest BCUT2D eigenvalue weighted by molar-refractivity contribution is 7.92. The standard InChI is InChI=1S/C15H24N2O4S/c1-5-12(3)16-15(18)11-17(22(19,20)6-2)13-7-9-14(21-4)10-8-13/h7-10,12H,5-6,11H2,1-4H3,(H,16,18)/t12-/m0/s1. The van der Waals surface area contributed by atoms with E-state index in [9.17, 15) is 13.2 Å². The molecule has 0 bridgehead atoms.